The molecule has 0 aliphatic carbocycles. The molecule has 5 heteroatoms. The Morgan fingerprint density at radius 3 is 1.20 bits per heavy atom. The molecular weight excluding hydrogens is 143 g/mol. The smallest absolute Gasteiger partial charge is 0.255 e. The van der Waals surface area contributed by atoms with Crippen LogP contribution in [-0.4, -0.2) is 25.3 Å². The fourth-order valence-corrected chi connectivity index (χ4v) is 0. The summed E-state index contributed by atoms with van der Waals surface area (Å²) in [7, 11) is 0. The topological polar surface area (TPSA) is 74.6 Å². The van der Waals surface area contributed by atoms with Crippen LogP contribution in [0, 0.1) is 0 Å². The quantitative estimate of drug-likeness (QED) is 0.271. The number of rotatable bonds is 0. The molecule has 0 unspecified atom stereocenters. The fraction of sp³-hybridized carbons (Fsp3) is 0. The Bertz CT molecular complexity index is 24.6. The third kappa shape index (κ3) is 10800. The van der Waals surface area contributed by atoms with Crippen molar-refractivity contribution in [3.05, 3.63) is 0 Å². The van der Waals surface area contributed by atoms with E-state index >= 15 is 0 Å². The van der Waals surface area contributed by atoms with Crippen LogP contribution < -0.4 is 0 Å². The Hall–Kier alpha value is 0.0395. The van der Waals surface area contributed by atoms with Crippen molar-refractivity contribution in [2.24, 2.45) is 0 Å². The van der Waals surface area contributed by atoms with Crippen LogP contribution in [0.2, 0.25) is 0 Å². The molecule has 4 nitrogen and oxygen atoms in total. The molecular formula is H2O4Se. The zero-order chi connectivity index (χ0) is 4.71. The summed E-state index contributed by atoms with van der Waals surface area (Å²) in [5.41, 5.74) is 0. The van der Waals surface area contributed by atoms with Crippen molar-refractivity contribution in [1.29, 1.82) is 0 Å². The predicted molar refractivity (Wildman–Crippen MR) is 12.4 cm³/mol. The van der Waals surface area contributed by atoms with Gasteiger partial charge in [-0.2, -0.15) is 0 Å². The van der Waals surface area contributed by atoms with Gasteiger partial charge in [0.25, 0.3) is 0 Å². The van der Waals surface area contributed by atoms with Gasteiger partial charge in [-0.25, -0.2) is 0 Å². The van der Waals surface area contributed by atoms with E-state index in [0.29, 0.717) is 0 Å². The third-order valence-corrected chi connectivity index (χ3v) is 0. The Labute approximate surface area is 33.9 Å². The molecule has 5 heavy (non-hydrogen) atoms. The molecule has 0 fully saturated rings. The zero-order valence-corrected chi connectivity index (χ0v) is 3.83. The summed E-state index contributed by atoms with van der Waals surface area (Å²) in [5, 5.41) is 12.0. The zero-order valence-electron chi connectivity index (χ0n) is 2.12. The van der Waals surface area contributed by atoms with E-state index in [1.54, 1.807) is 0 Å². The minimum Gasteiger partial charge on any atom is -0.255 e. The third-order valence-electron chi connectivity index (χ3n) is 0. The molecule has 0 aromatic carbocycles. The molecule has 0 aliphatic rings. The summed E-state index contributed by atoms with van der Waals surface area (Å²) in [4.78, 5) is 0. The molecule has 0 atom stereocenters. The molecule has 0 heterocycles. The molecule has 0 radical (unpaired) electrons. The molecule has 0 aromatic heterocycles. The van der Waals surface area contributed by atoms with Crippen LogP contribution in [0.1, 0.15) is 0 Å². The molecule has 0 spiro atoms. The second-order valence-electron chi connectivity index (χ2n) is 0.0680. The van der Waals surface area contributed by atoms with Crippen molar-refractivity contribution in [3.8, 4) is 0 Å². The molecule has 0 rings (SSSR count). The molecule has 0 saturated carbocycles. The van der Waals surface area contributed by atoms with E-state index in [4.69, 9.17) is 18.2 Å². The van der Waals surface area contributed by atoms with Crippen LogP contribution in [0.5, 0.6) is 0 Å². The molecule has 0 saturated heterocycles. The van der Waals surface area contributed by atoms with E-state index in [-0.39, 0.29) is 0 Å². The Morgan fingerprint density at radius 1 is 1.20 bits per heavy atom. The second kappa shape index (κ2) is 34.5. The van der Waals surface area contributed by atoms with Crippen LogP contribution in [0.15, 0.2) is 0 Å². The molecule has 0 bridgehead atoms. The van der Waals surface area contributed by atoms with Crippen molar-refractivity contribution in [3.63, 3.8) is 0 Å². The first-order valence-corrected chi connectivity index (χ1v) is 1.93. The van der Waals surface area contributed by atoms with Gasteiger partial charge in [-0.05, 0) is 0 Å². The van der Waals surface area contributed by atoms with Crippen LogP contribution in [-0.2, 0) is 7.67 Å². The maximum atomic E-state index is 8.44. The number of hydrogen-bond donors (Lipinski definition) is 2. The first-order valence-electron chi connectivity index (χ1n) is 0.533. The van der Waals surface area contributed by atoms with E-state index in [0.717, 1.165) is 0 Å². The van der Waals surface area contributed by atoms with Crippen molar-refractivity contribution >= 4 is 14.8 Å². The van der Waals surface area contributed by atoms with Crippen molar-refractivity contribution in [2.75, 3.05) is 0 Å². The first-order chi connectivity index (χ1) is 2.41. The Kier molecular flexibility index (Phi) is 61.5. The summed E-state index contributed by atoms with van der Waals surface area (Å²) in [6, 6.07) is 0. The predicted octanol–water partition coefficient (Wildman–Crippen LogP) is -0.601. The van der Waals surface area contributed by atoms with E-state index in [9.17, 15) is 0 Å². The monoisotopic (exact) mass is 146 g/mol. The molecule has 0 amide bonds. The maximum absolute atomic E-state index is 8.44. The van der Waals surface area contributed by atoms with Gasteiger partial charge in [0.1, 0.15) is 0 Å². The average molecular weight is 145 g/mol. The largest absolute Gasteiger partial charge is 0.255 e. The Balaban J connectivity index is 0. The first kappa shape index (κ1) is 8.90. The van der Waals surface area contributed by atoms with Gasteiger partial charge < -0.3 is 0 Å². The van der Waals surface area contributed by atoms with Crippen molar-refractivity contribution in [1.82, 2.24) is 0 Å². The molecule has 2 N–H and O–H groups in total. The van der Waals surface area contributed by atoms with Gasteiger partial charge in [0.15, 0.2) is 0 Å². The standard InChI is InChI=1S/O2Se.H2O2/c1-3-2;1-2/h;1-2H. The summed E-state index contributed by atoms with van der Waals surface area (Å²) >= 11 is -1.62. The summed E-state index contributed by atoms with van der Waals surface area (Å²) < 4.78 is 16.9. The van der Waals surface area contributed by atoms with Crippen molar-refractivity contribution < 1.29 is 18.2 Å². The number of hydrogen-bond acceptors (Lipinski definition) is 4. The normalized spacial score (nSPS) is 3.60. The van der Waals surface area contributed by atoms with Gasteiger partial charge in [-0.3, -0.25) is 10.5 Å². The van der Waals surface area contributed by atoms with Gasteiger partial charge >= 0.3 is 22.5 Å². The molecule has 32 valence electrons. The van der Waals surface area contributed by atoms with Gasteiger partial charge in [-0.1, -0.05) is 0 Å². The van der Waals surface area contributed by atoms with E-state index in [1.807, 2.05) is 0 Å². The van der Waals surface area contributed by atoms with Crippen LogP contribution in [0.4, 0.5) is 0 Å². The van der Waals surface area contributed by atoms with Crippen LogP contribution in [0.25, 0.3) is 0 Å². The minimum absolute atomic E-state index is 1.62. The van der Waals surface area contributed by atoms with Gasteiger partial charge in [-0.15, -0.1) is 0 Å². The summed E-state index contributed by atoms with van der Waals surface area (Å²) in [6.07, 6.45) is 0. The van der Waals surface area contributed by atoms with Crippen LogP contribution in [0.3, 0.4) is 0 Å². The molecule has 0 aliphatic heterocycles. The maximum Gasteiger partial charge on any atom is -0.255 e. The SMILES string of the molecule is O=[Se]=O.OO. The van der Waals surface area contributed by atoms with Crippen molar-refractivity contribution in [2.45, 2.75) is 0 Å². The van der Waals surface area contributed by atoms with E-state index < -0.39 is 14.8 Å². The summed E-state index contributed by atoms with van der Waals surface area (Å²) in [6.45, 7) is 0. The average Bonchev–Trinajstić information content (AvgIpc) is 1.46. The Morgan fingerprint density at radius 2 is 1.20 bits per heavy atom. The van der Waals surface area contributed by atoms with Gasteiger partial charge in [0, 0.05) is 0 Å². The van der Waals surface area contributed by atoms with Crippen LogP contribution >= 0.6 is 0 Å². The van der Waals surface area contributed by atoms with Gasteiger partial charge in [0.2, 0.25) is 0 Å². The minimum atomic E-state index is -1.62. The second-order valence-corrected chi connectivity index (χ2v) is 0.354. The van der Waals surface area contributed by atoms with E-state index in [1.165, 1.54) is 0 Å². The van der Waals surface area contributed by atoms with Gasteiger partial charge in [0.05, 0.1) is 0 Å². The molecule has 0 aromatic rings. The summed E-state index contributed by atoms with van der Waals surface area (Å²) in [5.74, 6) is 0. The van der Waals surface area contributed by atoms with E-state index in [2.05, 4.69) is 0 Å². The fourth-order valence-electron chi connectivity index (χ4n) is 0.